The first-order chi connectivity index (χ1) is 13.2. The highest BCUT2D eigenvalue weighted by Crippen LogP contribution is 2.41. The van der Waals surface area contributed by atoms with E-state index in [0.717, 1.165) is 17.0 Å². The Kier molecular flexibility index (Phi) is 5.13. The van der Waals surface area contributed by atoms with Crippen molar-refractivity contribution in [2.45, 2.75) is 23.3 Å². The highest BCUT2D eigenvalue weighted by Gasteiger charge is 2.29. The normalized spacial score (nSPS) is 16.6. The molecule has 0 radical (unpaired) electrons. The second-order valence-electron chi connectivity index (χ2n) is 6.50. The Balaban J connectivity index is 1.74. The molecule has 1 fully saturated rings. The molecule has 3 heterocycles. The fraction of sp³-hybridized carbons (Fsp3) is 0.350. The molecule has 6 nitrogen and oxygen atoms in total. The summed E-state index contributed by atoms with van der Waals surface area (Å²) in [6.07, 6.45) is 2.54. The first kappa shape index (κ1) is 18.0. The van der Waals surface area contributed by atoms with Gasteiger partial charge in [0.2, 0.25) is 0 Å². The van der Waals surface area contributed by atoms with Crippen molar-refractivity contribution in [3.8, 4) is 0 Å². The lowest BCUT2D eigenvalue weighted by Gasteiger charge is -2.27. The average molecular weight is 383 g/mol. The van der Waals surface area contributed by atoms with E-state index >= 15 is 0 Å². The predicted octanol–water partition coefficient (Wildman–Crippen LogP) is 3.08. The number of carbonyl (C=O) groups is 2. The Morgan fingerprint density at radius 2 is 2.07 bits per heavy atom. The average Bonchev–Trinajstić information content (AvgIpc) is 2.83. The van der Waals surface area contributed by atoms with Crippen LogP contribution in [0, 0.1) is 0 Å². The molecule has 1 saturated heterocycles. The van der Waals surface area contributed by atoms with Gasteiger partial charge in [-0.3, -0.25) is 9.59 Å². The van der Waals surface area contributed by atoms with E-state index in [1.54, 1.807) is 17.2 Å². The van der Waals surface area contributed by atoms with Crippen LogP contribution in [0.5, 0.6) is 0 Å². The molecule has 0 N–H and O–H groups in total. The summed E-state index contributed by atoms with van der Waals surface area (Å²) in [6, 6.07) is 9.18. The molecule has 0 aliphatic carbocycles. The van der Waals surface area contributed by atoms with Gasteiger partial charge in [-0.25, -0.2) is 4.98 Å². The van der Waals surface area contributed by atoms with Gasteiger partial charge in [-0.05, 0) is 36.8 Å². The Bertz CT molecular complexity index is 881. The van der Waals surface area contributed by atoms with Crippen molar-refractivity contribution < 1.29 is 14.3 Å². The fourth-order valence-corrected chi connectivity index (χ4v) is 4.40. The number of hydrogen-bond donors (Lipinski definition) is 0. The molecular formula is C20H21N3O3S. The van der Waals surface area contributed by atoms with Crippen molar-refractivity contribution in [2.24, 2.45) is 0 Å². The van der Waals surface area contributed by atoms with Crippen molar-refractivity contribution in [3.63, 3.8) is 0 Å². The minimum Gasteiger partial charge on any atom is -0.378 e. The van der Waals surface area contributed by atoms with Crippen molar-refractivity contribution in [1.82, 2.24) is 9.88 Å². The van der Waals surface area contributed by atoms with Crippen LogP contribution < -0.4 is 4.90 Å². The van der Waals surface area contributed by atoms with E-state index in [4.69, 9.17) is 4.74 Å². The van der Waals surface area contributed by atoms with Gasteiger partial charge < -0.3 is 14.5 Å². The Labute approximate surface area is 162 Å². The third kappa shape index (κ3) is 3.44. The molecule has 140 valence electrons. The van der Waals surface area contributed by atoms with Crippen LogP contribution in [-0.4, -0.2) is 54.5 Å². The zero-order valence-electron chi connectivity index (χ0n) is 15.2. The van der Waals surface area contributed by atoms with Crippen LogP contribution in [0.3, 0.4) is 0 Å². The summed E-state index contributed by atoms with van der Waals surface area (Å²) < 4.78 is 5.33. The molecule has 0 bridgehead atoms. The monoisotopic (exact) mass is 383 g/mol. The lowest BCUT2D eigenvalue weighted by molar-refractivity contribution is 0.0302. The number of benzene rings is 1. The highest BCUT2D eigenvalue weighted by molar-refractivity contribution is 7.99. The maximum absolute atomic E-state index is 13.0. The molecule has 1 aromatic carbocycles. The van der Waals surface area contributed by atoms with Crippen LogP contribution in [0.1, 0.15) is 34.1 Å². The zero-order valence-corrected chi connectivity index (χ0v) is 16.0. The van der Waals surface area contributed by atoms with Gasteiger partial charge in [-0.2, -0.15) is 0 Å². The van der Waals surface area contributed by atoms with Gasteiger partial charge in [0, 0.05) is 36.3 Å². The largest absolute Gasteiger partial charge is 0.378 e. The lowest BCUT2D eigenvalue weighted by Crippen LogP contribution is -2.40. The number of rotatable bonds is 3. The molecular weight excluding hydrogens is 362 g/mol. The van der Waals surface area contributed by atoms with Gasteiger partial charge in [0.1, 0.15) is 5.03 Å². The smallest absolute Gasteiger partial charge is 0.261 e. The molecule has 2 aliphatic heterocycles. The van der Waals surface area contributed by atoms with E-state index in [1.807, 2.05) is 36.1 Å². The Morgan fingerprint density at radius 3 is 2.85 bits per heavy atom. The summed E-state index contributed by atoms with van der Waals surface area (Å²) in [5.41, 5.74) is 2.07. The van der Waals surface area contributed by atoms with Crippen LogP contribution in [0.15, 0.2) is 46.5 Å². The van der Waals surface area contributed by atoms with Crippen molar-refractivity contribution >= 4 is 29.3 Å². The molecule has 2 aliphatic rings. The molecule has 2 aromatic rings. The van der Waals surface area contributed by atoms with Crippen molar-refractivity contribution in [2.75, 3.05) is 37.7 Å². The number of carbonyl (C=O) groups excluding carboxylic acids is 2. The van der Waals surface area contributed by atoms with Crippen LogP contribution in [-0.2, 0) is 4.74 Å². The second-order valence-corrected chi connectivity index (χ2v) is 7.53. The first-order valence-corrected chi connectivity index (χ1v) is 9.96. The Hall–Kier alpha value is -2.38. The summed E-state index contributed by atoms with van der Waals surface area (Å²) in [4.78, 5) is 34.8. The van der Waals surface area contributed by atoms with Crippen LogP contribution in [0.25, 0.3) is 0 Å². The van der Waals surface area contributed by atoms with Crippen molar-refractivity contribution in [3.05, 3.63) is 47.7 Å². The van der Waals surface area contributed by atoms with Gasteiger partial charge in [0.05, 0.1) is 24.5 Å². The lowest BCUT2D eigenvalue weighted by atomic mass is 10.1. The van der Waals surface area contributed by atoms with Crippen LogP contribution in [0.4, 0.5) is 5.69 Å². The highest BCUT2D eigenvalue weighted by atomic mass is 32.2. The fourth-order valence-electron chi connectivity index (χ4n) is 3.34. The molecule has 0 saturated carbocycles. The summed E-state index contributed by atoms with van der Waals surface area (Å²) in [5.74, 6) is -0.0426. The molecule has 27 heavy (non-hydrogen) atoms. The number of fused-ring (bicyclic) bond motifs is 2. The number of aromatic nitrogens is 1. The second kappa shape index (κ2) is 7.70. The van der Waals surface area contributed by atoms with E-state index in [-0.39, 0.29) is 11.8 Å². The number of nitrogens with zero attached hydrogens (tertiary/aromatic N) is 3. The van der Waals surface area contributed by atoms with E-state index < -0.39 is 0 Å². The van der Waals surface area contributed by atoms with Gasteiger partial charge in [-0.15, -0.1) is 0 Å². The molecule has 0 spiro atoms. The first-order valence-electron chi connectivity index (χ1n) is 9.15. The summed E-state index contributed by atoms with van der Waals surface area (Å²) in [5, 5.41) is 0.679. The van der Waals surface area contributed by atoms with Gasteiger partial charge in [0.25, 0.3) is 11.8 Å². The Morgan fingerprint density at radius 1 is 1.26 bits per heavy atom. The molecule has 1 aromatic heterocycles. The number of anilines is 1. The quantitative estimate of drug-likeness (QED) is 0.815. The van der Waals surface area contributed by atoms with E-state index in [2.05, 4.69) is 4.98 Å². The SMILES string of the molecule is CCCN1C(=O)c2cccnc2Sc2cc(C(=O)N3CCOCC3)ccc21. The van der Waals surface area contributed by atoms with Gasteiger partial charge in [0.15, 0.2) is 0 Å². The molecule has 4 rings (SSSR count). The van der Waals surface area contributed by atoms with Crippen LogP contribution >= 0.6 is 11.8 Å². The number of amides is 2. The third-order valence-electron chi connectivity index (χ3n) is 4.70. The summed E-state index contributed by atoms with van der Waals surface area (Å²) >= 11 is 1.45. The maximum Gasteiger partial charge on any atom is 0.261 e. The standard InChI is InChI=1S/C20H21N3O3S/c1-2-8-23-16-6-5-14(19(24)22-9-11-26-12-10-22)13-17(16)27-18-15(20(23)25)4-3-7-21-18/h3-7,13H,2,8-12H2,1H3. The van der Waals surface area contributed by atoms with E-state index in [9.17, 15) is 9.59 Å². The maximum atomic E-state index is 13.0. The number of pyridine rings is 1. The number of ether oxygens (including phenoxy) is 1. The number of hydrogen-bond acceptors (Lipinski definition) is 5. The molecule has 0 unspecified atom stereocenters. The minimum atomic E-state index is -0.0431. The van der Waals surface area contributed by atoms with Gasteiger partial charge in [-0.1, -0.05) is 18.7 Å². The van der Waals surface area contributed by atoms with E-state index in [1.165, 1.54) is 11.8 Å². The topological polar surface area (TPSA) is 62.7 Å². The van der Waals surface area contributed by atoms with E-state index in [0.29, 0.717) is 49.0 Å². The molecule has 7 heteroatoms. The minimum absolute atomic E-state index is 0.000518. The number of morpholine rings is 1. The molecule has 2 amide bonds. The third-order valence-corrected chi connectivity index (χ3v) is 5.76. The van der Waals surface area contributed by atoms with Crippen LogP contribution in [0.2, 0.25) is 0 Å². The van der Waals surface area contributed by atoms with Gasteiger partial charge >= 0.3 is 0 Å². The summed E-state index contributed by atoms with van der Waals surface area (Å²) in [6.45, 7) is 5.02. The predicted molar refractivity (Wildman–Crippen MR) is 103 cm³/mol. The van der Waals surface area contributed by atoms with Crippen molar-refractivity contribution in [1.29, 1.82) is 0 Å². The molecule has 0 atom stereocenters. The zero-order chi connectivity index (χ0) is 18.8. The summed E-state index contributed by atoms with van der Waals surface area (Å²) in [7, 11) is 0.